The summed E-state index contributed by atoms with van der Waals surface area (Å²) >= 11 is 6.08. The second-order valence-electron chi connectivity index (χ2n) is 6.81. The Kier molecular flexibility index (Phi) is 5.01. The highest BCUT2D eigenvalue weighted by Gasteiger charge is 2.25. The summed E-state index contributed by atoms with van der Waals surface area (Å²) in [5.41, 5.74) is 7.83. The summed E-state index contributed by atoms with van der Waals surface area (Å²) in [6, 6.07) is 16.7. The summed E-state index contributed by atoms with van der Waals surface area (Å²) < 4.78 is 20.0. The van der Waals surface area contributed by atoms with E-state index in [1.807, 2.05) is 42.5 Å². The van der Waals surface area contributed by atoms with Crippen LogP contribution in [0.5, 0.6) is 0 Å². The molecule has 6 heteroatoms. The smallest absolute Gasteiger partial charge is 0.358 e. The molecule has 0 atom stereocenters. The number of rotatable bonds is 5. The molecule has 0 aliphatic heterocycles. The van der Waals surface area contributed by atoms with E-state index in [1.165, 1.54) is 18.4 Å². The molecule has 4 nitrogen and oxygen atoms in total. The molecular formula is C22H18ClFN2O2. The minimum atomic E-state index is -0.753. The molecule has 1 aromatic heterocycles. The number of nitrogen functional groups attached to an aromatic ring is 1. The number of carbonyl (C=O) groups is 1. The summed E-state index contributed by atoms with van der Waals surface area (Å²) in [6.07, 6.45) is 2.36. The highest BCUT2D eigenvalue weighted by molar-refractivity contribution is 6.35. The first kappa shape index (κ1) is 18.4. The fraction of sp³-hybridized carbons (Fsp3) is 0.182. The fourth-order valence-electron chi connectivity index (χ4n) is 3.01. The quantitative estimate of drug-likeness (QED) is 0.590. The lowest BCUT2D eigenvalue weighted by molar-refractivity contribution is 0.0466. The molecule has 0 saturated heterocycles. The second kappa shape index (κ2) is 7.60. The monoisotopic (exact) mass is 396 g/mol. The highest BCUT2D eigenvalue weighted by Crippen LogP contribution is 2.41. The van der Waals surface area contributed by atoms with Crippen molar-refractivity contribution in [2.75, 3.05) is 5.73 Å². The number of halogens is 2. The number of aromatic nitrogens is 1. The second-order valence-corrected chi connectivity index (χ2v) is 7.19. The van der Waals surface area contributed by atoms with Crippen LogP contribution in [-0.4, -0.2) is 11.0 Å². The van der Waals surface area contributed by atoms with Crippen molar-refractivity contribution in [3.8, 4) is 11.3 Å². The molecule has 0 amide bonds. The molecule has 0 radical (unpaired) electrons. The Labute approximate surface area is 167 Å². The summed E-state index contributed by atoms with van der Waals surface area (Å²) in [4.78, 5) is 16.6. The van der Waals surface area contributed by atoms with Gasteiger partial charge in [0.2, 0.25) is 0 Å². The van der Waals surface area contributed by atoms with E-state index < -0.39 is 11.8 Å². The Morgan fingerprint density at radius 2 is 1.82 bits per heavy atom. The Hall–Kier alpha value is -2.92. The topological polar surface area (TPSA) is 65.2 Å². The average molecular weight is 397 g/mol. The summed E-state index contributed by atoms with van der Waals surface area (Å²) in [5, 5.41) is -0.242. The summed E-state index contributed by atoms with van der Waals surface area (Å²) in [7, 11) is 0. The maximum Gasteiger partial charge on any atom is 0.358 e. The van der Waals surface area contributed by atoms with Crippen molar-refractivity contribution in [1.29, 1.82) is 0 Å². The summed E-state index contributed by atoms with van der Waals surface area (Å²) in [6.45, 7) is 0.0559. The summed E-state index contributed by atoms with van der Waals surface area (Å²) in [5.74, 6) is -0.911. The van der Waals surface area contributed by atoms with Gasteiger partial charge in [0.05, 0.1) is 10.7 Å². The molecular weight excluding hydrogens is 379 g/mol. The first-order valence-corrected chi connectivity index (χ1v) is 9.38. The van der Waals surface area contributed by atoms with E-state index in [9.17, 15) is 9.18 Å². The number of esters is 1. The molecule has 1 fully saturated rings. The molecule has 142 valence electrons. The van der Waals surface area contributed by atoms with Gasteiger partial charge in [0, 0.05) is 5.56 Å². The van der Waals surface area contributed by atoms with E-state index >= 15 is 0 Å². The maximum absolute atomic E-state index is 14.7. The van der Waals surface area contributed by atoms with Crippen LogP contribution in [-0.2, 0) is 11.3 Å². The fourth-order valence-corrected chi connectivity index (χ4v) is 3.21. The van der Waals surface area contributed by atoms with Gasteiger partial charge < -0.3 is 10.5 Å². The largest absolute Gasteiger partial charge is 0.456 e. The van der Waals surface area contributed by atoms with E-state index in [0.29, 0.717) is 11.5 Å². The Bertz CT molecular complexity index is 1020. The van der Waals surface area contributed by atoms with Crippen LogP contribution >= 0.6 is 11.6 Å². The molecule has 1 saturated carbocycles. The SMILES string of the molecule is Nc1c(F)c(-c2ccc(C3CC3)cc2)nc(C(=O)OCc2ccccc2)c1Cl. The molecule has 0 bridgehead atoms. The Balaban J connectivity index is 1.63. The van der Waals surface area contributed by atoms with Crippen LogP contribution in [0.1, 0.15) is 40.4 Å². The predicted octanol–water partition coefficient (Wildman–Crippen LogP) is 5.36. The van der Waals surface area contributed by atoms with Crippen molar-refractivity contribution in [2.45, 2.75) is 25.4 Å². The molecule has 2 aromatic carbocycles. The number of ether oxygens (including phenoxy) is 1. The third kappa shape index (κ3) is 3.71. The molecule has 3 aromatic rings. The lowest BCUT2D eigenvalue weighted by atomic mass is 10.0. The van der Waals surface area contributed by atoms with Crippen LogP contribution in [0.2, 0.25) is 5.02 Å². The van der Waals surface area contributed by atoms with Crippen LogP contribution in [0, 0.1) is 5.82 Å². The zero-order valence-corrected chi connectivity index (χ0v) is 15.7. The van der Waals surface area contributed by atoms with Gasteiger partial charge >= 0.3 is 5.97 Å². The van der Waals surface area contributed by atoms with Gasteiger partial charge in [0.25, 0.3) is 0 Å². The first-order valence-electron chi connectivity index (χ1n) is 9.00. The molecule has 4 rings (SSSR count). The van der Waals surface area contributed by atoms with Gasteiger partial charge in [0.15, 0.2) is 11.5 Å². The van der Waals surface area contributed by atoms with Gasteiger partial charge in [0.1, 0.15) is 12.3 Å². The third-order valence-corrected chi connectivity index (χ3v) is 5.13. The molecule has 28 heavy (non-hydrogen) atoms. The molecule has 1 heterocycles. The number of benzene rings is 2. The van der Waals surface area contributed by atoms with Crippen molar-refractivity contribution in [1.82, 2.24) is 4.98 Å². The third-order valence-electron chi connectivity index (χ3n) is 4.75. The normalized spacial score (nSPS) is 13.4. The number of hydrogen-bond acceptors (Lipinski definition) is 4. The Morgan fingerprint density at radius 1 is 1.14 bits per heavy atom. The van der Waals surface area contributed by atoms with Gasteiger partial charge in [-0.3, -0.25) is 0 Å². The van der Waals surface area contributed by atoms with Gasteiger partial charge in [-0.2, -0.15) is 0 Å². The van der Waals surface area contributed by atoms with Crippen molar-refractivity contribution < 1.29 is 13.9 Å². The van der Waals surface area contributed by atoms with Crippen LogP contribution in [0.3, 0.4) is 0 Å². The zero-order valence-electron chi connectivity index (χ0n) is 15.0. The molecule has 0 unspecified atom stereocenters. The van der Waals surface area contributed by atoms with Crippen LogP contribution in [0.15, 0.2) is 54.6 Å². The predicted molar refractivity (Wildman–Crippen MR) is 107 cm³/mol. The number of nitrogens with zero attached hydrogens (tertiary/aromatic N) is 1. The van der Waals surface area contributed by atoms with Gasteiger partial charge in [-0.15, -0.1) is 0 Å². The lowest BCUT2D eigenvalue weighted by Gasteiger charge is -2.12. The first-order chi connectivity index (χ1) is 13.5. The van der Waals surface area contributed by atoms with Crippen LogP contribution in [0.4, 0.5) is 10.1 Å². The Morgan fingerprint density at radius 3 is 2.46 bits per heavy atom. The van der Waals surface area contributed by atoms with Crippen molar-refractivity contribution >= 4 is 23.3 Å². The highest BCUT2D eigenvalue weighted by atomic mass is 35.5. The zero-order chi connectivity index (χ0) is 19.7. The van der Waals surface area contributed by atoms with E-state index in [1.54, 1.807) is 12.1 Å². The minimum absolute atomic E-state index is 0.0177. The van der Waals surface area contributed by atoms with E-state index in [4.69, 9.17) is 22.1 Å². The lowest BCUT2D eigenvalue weighted by Crippen LogP contribution is -2.12. The molecule has 1 aliphatic carbocycles. The average Bonchev–Trinajstić information content (AvgIpc) is 3.57. The minimum Gasteiger partial charge on any atom is -0.456 e. The standard InChI is InChI=1S/C22H18ClFN2O2/c23-17-19(25)18(24)20(16-10-8-15(9-11-16)14-6-7-14)26-21(17)22(27)28-12-13-4-2-1-3-5-13/h1-5,8-11,14H,6-7,12H2,(H2,25,26). The number of anilines is 1. The van der Waals surface area contributed by atoms with E-state index in [2.05, 4.69) is 4.98 Å². The van der Waals surface area contributed by atoms with Gasteiger partial charge in [-0.1, -0.05) is 66.2 Å². The van der Waals surface area contributed by atoms with Crippen molar-refractivity contribution in [3.63, 3.8) is 0 Å². The molecule has 1 aliphatic rings. The van der Waals surface area contributed by atoms with E-state index in [0.717, 1.165) is 5.56 Å². The van der Waals surface area contributed by atoms with Crippen molar-refractivity contribution in [3.05, 3.63) is 82.3 Å². The maximum atomic E-state index is 14.7. The number of hydrogen-bond donors (Lipinski definition) is 1. The van der Waals surface area contributed by atoms with Crippen LogP contribution in [0.25, 0.3) is 11.3 Å². The van der Waals surface area contributed by atoms with E-state index in [-0.39, 0.29) is 28.7 Å². The van der Waals surface area contributed by atoms with Gasteiger partial charge in [-0.05, 0) is 29.9 Å². The number of nitrogens with two attached hydrogens (primary N) is 1. The number of carbonyl (C=O) groups excluding carboxylic acids is 1. The van der Waals surface area contributed by atoms with Crippen LogP contribution < -0.4 is 5.73 Å². The van der Waals surface area contributed by atoms with Gasteiger partial charge in [-0.25, -0.2) is 14.2 Å². The number of pyridine rings is 1. The molecule has 2 N–H and O–H groups in total. The molecule has 0 spiro atoms. The van der Waals surface area contributed by atoms with Crippen molar-refractivity contribution in [2.24, 2.45) is 0 Å².